The molecule has 4 N–H and O–H groups in total. The van der Waals surface area contributed by atoms with Crippen molar-refractivity contribution >= 4 is 40.9 Å². The Kier molecular flexibility index (Phi) is 5.81. The smallest absolute Gasteiger partial charge is 0.326 e. The Morgan fingerprint density at radius 1 is 1.30 bits per heavy atom. The highest BCUT2D eigenvalue weighted by Gasteiger charge is 2.49. The summed E-state index contributed by atoms with van der Waals surface area (Å²) >= 11 is 1.39. The van der Waals surface area contributed by atoms with Gasteiger partial charge in [0.25, 0.3) is 11.8 Å². The van der Waals surface area contributed by atoms with Crippen molar-refractivity contribution in [2.24, 2.45) is 5.92 Å². The summed E-state index contributed by atoms with van der Waals surface area (Å²) in [6, 6.07) is 5.25. The number of amides is 4. The summed E-state index contributed by atoms with van der Waals surface area (Å²) in [5.74, 6) is 0.111. The zero-order valence-corrected chi connectivity index (χ0v) is 21.4. The molecule has 37 heavy (non-hydrogen) atoms. The maximum atomic E-state index is 12.7. The fourth-order valence-corrected chi connectivity index (χ4v) is 5.50. The Balaban J connectivity index is 1.39. The Morgan fingerprint density at radius 3 is 2.78 bits per heavy atom. The van der Waals surface area contributed by atoms with E-state index >= 15 is 0 Å². The van der Waals surface area contributed by atoms with Crippen LogP contribution >= 0.6 is 11.3 Å². The molecule has 1 unspecified atom stereocenters. The SMILES string of the molecule is CN(C)CCNC(=O)c1ccc(-c2cc(C3(CC4CC4)CN3)n3ncc(/C=C4\NC(=O)NC4=O)c3n2)s1. The van der Waals surface area contributed by atoms with Crippen LogP contribution in [0.15, 0.2) is 30.1 Å². The Bertz CT molecular complexity index is 1450. The van der Waals surface area contributed by atoms with Crippen LogP contribution in [0.25, 0.3) is 22.3 Å². The van der Waals surface area contributed by atoms with Gasteiger partial charge >= 0.3 is 6.03 Å². The van der Waals surface area contributed by atoms with Gasteiger partial charge in [-0.05, 0) is 50.7 Å². The fourth-order valence-electron chi connectivity index (χ4n) is 4.62. The number of aromatic nitrogens is 3. The Labute approximate surface area is 217 Å². The molecule has 1 atom stereocenters. The van der Waals surface area contributed by atoms with Crippen molar-refractivity contribution in [3.8, 4) is 10.6 Å². The van der Waals surface area contributed by atoms with Crippen LogP contribution in [-0.2, 0) is 10.3 Å². The highest BCUT2D eigenvalue weighted by molar-refractivity contribution is 7.17. The van der Waals surface area contributed by atoms with Gasteiger partial charge < -0.3 is 20.9 Å². The maximum Gasteiger partial charge on any atom is 0.326 e. The van der Waals surface area contributed by atoms with E-state index in [1.165, 1.54) is 24.2 Å². The van der Waals surface area contributed by atoms with E-state index in [1.54, 1.807) is 12.3 Å². The summed E-state index contributed by atoms with van der Waals surface area (Å²) in [6.45, 7) is 2.20. The van der Waals surface area contributed by atoms with Gasteiger partial charge in [0.15, 0.2) is 5.65 Å². The minimum absolute atomic E-state index is 0.105. The van der Waals surface area contributed by atoms with E-state index in [0.29, 0.717) is 28.6 Å². The molecule has 2 aliphatic heterocycles. The van der Waals surface area contributed by atoms with Crippen LogP contribution < -0.4 is 21.3 Å². The molecule has 3 aliphatic rings. The highest BCUT2D eigenvalue weighted by atomic mass is 32.1. The summed E-state index contributed by atoms with van der Waals surface area (Å²) in [5.41, 5.74) is 2.94. The van der Waals surface area contributed by atoms with Crippen molar-refractivity contribution in [3.63, 3.8) is 0 Å². The van der Waals surface area contributed by atoms with Crippen LogP contribution in [-0.4, -0.2) is 71.1 Å². The maximum absolute atomic E-state index is 12.7. The molecule has 3 aromatic rings. The average Bonchev–Trinajstić information content (AvgIpc) is 3.70. The van der Waals surface area contributed by atoms with E-state index in [-0.39, 0.29) is 17.1 Å². The van der Waals surface area contributed by atoms with E-state index < -0.39 is 11.9 Å². The monoisotopic (exact) mass is 520 g/mol. The van der Waals surface area contributed by atoms with Crippen molar-refractivity contribution < 1.29 is 14.4 Å². The van der Waals surface area contributed by atoms with E-state index in [0.717, 1.165) is 35.8 Å². The summed E-state index contributed by atoms with van der Waals surface area (Å²) in [4.78, 5) is 44.8. The number of nitrogens with zero attached hydrogens (tertiary/aromatic N) is 4. The third-order valence-electron chi connectivity index (χ3n) is 6.87. The third kappa shape index (κ3) is 4.75. The second kappa shape index (κ2) is 9.05. The van der Waals surface area contributed by atoms with E-state index in [9.17, 15) is 14.4 Å². The molecule has 11 nitrogen and oxygen atoms in total. The minimum atomic E-state index is -0.553. The number of carbonyl (C=O) groups excluding carboxylic acids is 3. The summed E-state index contributed by atoms with van der Waals surface area (Å²) in [7, 11) is 3.93. The number of imide groups is 1. The van der Waals surface area contributed by atoms with Crippen LogP contribution in [0, 0.1) is 5.92 Å². The molecule has 5 heterocycles. The van der Waals surface area contributed by atoms with Crippen LogP contribution in [0.5, 0.6) is 0 Å². The van der Waals surface area contributed by atoms with E-state index in [4.69, 9.17) is 4.98 Å². The minimum Gasteiger partial charge on any atom is -0.350 e. The van der Waals surface area contributed by atoms with Gasteiger partial charge in [0.2, 0.25) is 0 Å². The molecule has 0 aromatic carbocycles. The molecule has 0 radical (unpaired) electrons. The molecule has 192 valence electrons. The molecule has 3 aromatic heterocycles. The lowest BCUT2D eigenvalue weighted by atomic mass is 9.97. The molecular weight excluding hydrogens is 492 g/mol. The third-order valence-corrected chi connectivity index (χ3v) is 7.98. The number of nitrogens with one attached hydrogen (secondary N) is 4. The van der Waals surface area contributed by atoms with Gasteiger partial charge in [-0.15, -0.1) is 11.3 Å². The first-order valence-corrected chi connectivity index (χ1v) is 13.1. The van der Waals surface area contributed by atoms with Crippen molar-refractivity contribution in [2.45, 2.75) is 24.8 Å². The number of fused-ring (bicyclic) bond motifs is 1. The average molecular weight is 521 g/mol. The molecule has 6 rings (SSSR count). The zero-order valence-electron chi connectivity index (χ0n) is 20.6. The number of hydrogen-bond acceptors (Lipinski definition) is 8. The molecule has 0 bridgehead atoms. The van der Waals surface area contributed by atoms with Crippen molar-refractivity contribution in [2.75, 3.05) is 33.7 Å². The molecule has 3 fully saturated rings. The lowest BCUT2D eigenvalue weighted by Gasteiger charge is -2.16. The largest absolute Gasteiger partial charge is 0.350 e. The molecule has 4 amide bonds. The molecule has 1 saturated carbocycles. The van der Waals surface area contributed by atoms with Crippen LogP contribution in [0.3, 0.4) is 0 Å². The van der Waals surface area contributed by atoms with Gasteiger partial charge in [-0.1, -0.05) is 12.8 Å². The number of likely N-dealkylation sites (N-methyl/N-ethyl adjacent to an activating group) is 1. The second-order valence-corrected chi connectivity index (χ2v) is 11.2. The molecule has 0 spiro atoms. The van der Waals surface area contributed by atoms with Crippen molar-refractivity contribution in [1.29, 1.82) is 0 Å². The lowest BCUT2D eigenvalue weighted by Crippen LogP contribution is -2.30. The summed E-state index contributed by atoms with van der Waals surface area (Å²) < 4.78 is 1.83. The van der Waals surface area contributed by atoms with Gasteiger partial charge in [0.1, 0.15) is 5.70 Å². The van der Waals surface area contributed by atoms with E-state index in [2.05, 4.69) is 32.4 Å². The number of rotatable bonds is 9. The first-order valence-electron chi connectivity index (χ1n) is 12.3. The second-order valence-electron chi connectivity index (χ2n) is 10.1. The fraction of sp³-hybridized carbons (Fsp3) is 0.400. The van der Waals surface area contributed by atoms with Gasteiger partial charge in [-0.3, -0.25) is 14.9 Å². The lowest BCUT2D eigenvalue weighted by molar-refractivity contribution is -0.115. The normalized spacial score (nSPS) is 22.1. The van der Waals surface area contributed by atoms with Crippen LogP contribution in [0.1, 0.15) is 40.2 Å². The van der Waals surface area contributed by atoms with Crippen LogP contribution in [0.4, 0.5) is 4.79 Å². The molecular formula is C25H28N8O3S. The van der Waals surface area contributed by atoms with Gasteiger partial charge in [0.05, 0.1) is 32.9 Å². The Morgan fingerprint density at radius 2 is 2.11 bits per heavy atom. The van der Waals surface area contributed by atoms with Gasteiger partial charge in [0, 0.05) is 25.2 Å². The van der Waals surface area contributed by atoms with E-state index in [1.807, 2.05) is 35.6 Å². The number of urea groups is 1. The van der Waals surface area contributed by atoms with Gasteiger partial charge in [-0.2, -0.15) is 5.10 Å². The predicted octanol–water partition coefficient (Wildman–Crippen LogP) is 1.53. The first kappa shape index (κ1) is 23.8. The van der Waals surface area contributed by atoms with Crippen molar-refractivity contribution in [3.05, 3.63) is 46.2 Å². The van der Waals surface area contributed by atoms with Gasteiger partial charge in [-0.25, -0.2) is 14.3 Å². The molecule has 12 heteroatoms. The number of hydrogen-bond donors (Lipinski definition) is 4. The molecule has 1 aliphatic carbocycles. The number of carbonyl (C=O) groups is 3. The standard InChI is InChI=1S/C25H28N8O3S/c1-32(2)8-7-26-23(35)19-6-5-18(37-19)16-10-20(25(13-27-25)11-14-3-4-14)33-21(29-16)15(12-28-33)9-17-22(34)31-24(36)30-17/h5-6,9-10,12,14,27H,3-4,7-8,11,13H2,1-2H3,(H,26,35)(H2,30,31,34,36)/b17-9-. The molecule has 2 saturated heterocycles. The summed E-state index contributed by atoms with van der Waals surface area (Å²) in [6.07, 6.45) is 6.77. The zero-order chi connectivity index (χ0) is 25.7. The Hall–Kier alpha value is -3.61. The predicted molar refractivity (Wildman–Crippen MR) is 139 cm³/mol. The highest BCUT2D eigenvalue weighted by Crippen LogP contribution is 2.46. The quantitative estimate of drug-likeness (QED) is 0.190. The first-order chi connectivity index (χ1) is 17.8. The number of thiophene rings is 1. The summed E-state index contributed by atoms with van der Waals surface area (Å²) in [5, 5.41) is 15.9. The topological polar surface area (TPSA) is 143 Å². The van der Waals surface area contributed by atoms with Crippen molar-refractivity contribution in [1.82, 2.24) is 40.8 Å². The van der Waals surface area contributed by atoms with Crippen LogP contribution in [0.2, 0.25) is 0 Å².